The number of carboxylic acid groups (broad SMARTS) is 1. The Bertz CT molecular complexity index is 320. The maximum atomic E-state index is 10.5. The van der Waals surface area contributed by atoms with Crippen LogP contribution in [0.5, 0.6) is 0 Å². The zero-order valence-electron chi connectivity index (χ0n) is 6.99. The highest BCUT2D eigenvalue weighted by atomic mass is 32.1. The maximum absolute atomic E-state index is 10.5. The first-order valence-electron chi connectivity index (χ1n) is 4.17. The molecule has 0 radical (unpaired) electrons. The molecule has 0 saturated heterocycles. The molecule has 1 aromatic heterocycles. The van der Waals surface area contributed by atoms with Crippen molar-refractivity contribution < 1.29 is 9.90 Å². The summed E-state index contributed by atoms with van der Waals surface area (Å²) in [5.74, 6) is -0.942. The predicted molar refractivity (Wildman–Crippen MR) is 48.9 cm³/mol. The predicted octanol–water partition coefficient (Wildman–Crippen LogP) is 1.09. The van der Waals surface area contributed by atoms with E-state index in [1.807, 2.05) is 0 Å². The van der Waals surface area contributed by atoms with Crippen LogP contribution in [0.4, 0.5) is 0 Å². The third kappa shape index (κ3) is 2.26. The molecule has 4 nitrogen and oxygen atoms in total. The second-order valence-corrected chi connectivity index (χ2v) is 3.96. The fraction of sp³-hybridized carbons (Fsp3) is 0.500. The molecule has 0 bridgehead atoms. The van der Waals surface area contributed by atoms with Crippen LogP contribution in [-0.2, 0) is 6.54 Å². The van der Waals surface area contributed by atoms with E-state index in [1.165, 1.54) is 24.2 Å². The monoisotopic (exact) mass is 198 g/mol. The molecule has 1 aliphatic carbocycles. The number of carboxylic acids is 1. The number of rotatable bonds is 4. The number of aromatic carboxylic acids is 1. The average Bonchev–Trinajstić information content (AvgIpc) is 2.79. The van der Waals surface area contributed by atoms with E-state index >= 15 is 0 Å². The van der Waals surface area contributed by atoms with Crippen molar-refractivity contribution in [2.75, 3.05) is 0 Å². The standard InChI is InChI=1S/C8H10N2O2S/c11-8(12)7-10-6(4-13-7)3-9-5-1-2-5/h4-5,9H,1-3H2,(H,11,12). The minimum atomic E-state index is -0.942. The van der Waals surface area contributed by atoms with Crippen molar-refractivity contribution >= 4 is 17.3 Å². The number of hydrogen-bond acceptors (Lipinski definition) is 4. The Balaban J connectivity index is 1.92. The lowest BCUT2D eigenvalue weighted by molar-refractivity contribution is 0.0696. The van der Waals surface area contributed by atoms with Crippen molar-refractivity contribution in [3.05, 3.63) is 16.1 Å². The summed E-state index contributed by atoms with van der Waals surface area (Å²) < 4.78 is 0. The van der Waals surface area contributed by atoms with Gasteiger partial charge in [-0.25, -0.2) is 9.78 Å². The van der Waals surface area contributed by atoms with Crippen LogP contribution < -0.4 is 5.32 Å². The molecular formula is C8H10N2O2S. The Morgan fingerprint density at radius 1 is 1.77 bits per heavy atom. The van der Waals surface area contributed by atoms with Gasteiger partial charge >= 0.3 is 5.97 Å². The molecule has 2 N–H and O–H groups in total. The van der Waals surface area contributed by atoms with Crippen molar-refractivity contribution in [3.8, 4) is 0 Å². The molecule has 1 fully saturated rings. The number of thiazole rings is 1. The SMILES string of the molecule is O=C(O)c1nc(CNC2CC2)cs1. The van der Waals surface area contributed by atoms with E-state index in [4.69, 9.17) is 5.11 Å². The topological polar surface area (TPSA) is 62.2 Å². The quantitative estimate of drug-likeness (QED) is 0.760. The first-order valence-corrected chi connectivity index (χ1v) is 5.05. The maximum Gasteiger partial charge on any atom is 0.365 e. The molecule has 1 heterocycles. The van der Waals surface area contributed by atoms with Crippen LogP contribution in [0.1, 0.15) is 28.3 Å². The molecule has 1 aromatic rings. The van der Waals surface area contributed by atoms with E-state index in [-0.39, 0.29) is 5.01 Å². The molecule has 0 atom stereocenters. The first-order chi connectivity index (χ1) is 6.25. The van der Waals surface area contributed by atoms with E-state index in [0.29, 0.717) is 12.6 Å². The van der Waals surface area contributed by atoms with Crippen LogP contribution in [0.2, 0.25) is 0 Å². The van der Waals surface area contributed by atoms with E-state index in [1.54, 1.807) is 5.38 Å². The number of hydrogen-bond donors (Lipinski definition) is 2. The molecule has 1 saturated carbocycles. The van der Waals surface area contributed by atoms with Gasteiger partial charge in [-0.2, -0.15) is 0 Å². The zero-order chi connectivity index (χ0) is 9.26. The summed E-state index contributed by atoms with van der Waals surface area (Å²) in [6, 6.07) is 0.634. The number of carbonyl (C=O) groups is 1. The van der Waals surface area contributed by atoms with Crippen LogP contribution in [0.25, 0.3) is 0 Å². The summed E-state index contributed by atoms with van der Waals surface area (Å²) in [6.07, 6.45) is 2.46. The molecule has 13 heavy (non-hydrogen) atoms. The molecule has 0 aliphatic heterocycles. The molecule has 0 aromatic carbocycles. The van der Waals surface area contributed by atoms with E-state index in [0.717, 1.165) is 5.69 Å². The summed E-state index contributed by atoms with van der Waals surface area (Å²) in [7, 11) is 0. The van der Waals surface area contributed by atoms with Gasteiger partial charge in [-0.15, -0.1) is 11.3 Å². The van der Waals surface area contributed by atoms with Crippen molar-refractivity contribution in [1.82, 2.24) is 10.3 Å². The fourth-order valence-electron chi connectivity index (χ4n) is 1.02. The van der Waals surface area contributed by atoms with Crippen LogP contribution >= 0.6 is 11.3 Å². The largest absolute Gasteiger partial charge is 0.476 e. The van der Waals surface area contributed by atoms with Gasteiger partial charge in [0.1, 0.15) is 0 Å². The highest BCUT2D eigenvalue weighted by Crippen LogP contribution is 2.19. The first kappa shape index (κ1) is 8.65. The van der Waals surface area contributed by atoms with Gasteiger partial charge in [0.2, 0.25) is 5.01 Å². The number of aromatic nitrogens is 1. The summed E-state index contributed by atoms with van der Waals surface area (Å²) in [5.41, 5.74) is 0.828. The van der Waals surface area contributed by atoms with E-state index in [2.05, 4.69) is 10.3 Å². The van der Waals surface area contributed by atoms with Crippen molar-refractivity contribution in [2.45, 2.75) is 25.4 Å². The normalized spacial score (nSPS) is 16.0. The average molecular weight is 198 g/mol. The summed E-state index contributed by atoms with van der Waals surface area (Å²) in [6.45, 7) is 0.689. The second-order valence-electron chi connectivity index (χ2n) is 3.10. The lowest BCUT2D eigenvalue weighted by atomic mass is 10.4. The van der Waals surface area contributed by atoms with Crippen LogP contribution in [-0.4, -0.2) is 22.1 Å². The highest BCUT2D eigenvalue weighted by Gasteiger charge is 2.20. The second kappa shape index (κ2) is 3.43. The summed E-state index contributed by atoms with van der Waals surface area (Å²) in [4.78, 5) is 14.5. The van der Waals surface area contributed by atoms with Gasteiger partial charge in [-0.3, -0.25) is 0 Å². The van der Waals surface area contributed by atoms with Gasteiger partial charge in [0, 0.05) is 18.0 Å². The lowest BCUT2D eigenvalue weighted by Gasteiger charge is -1.96. The molecule has 0 spiro atoms. The number of nitrogens with zero attached hydrogens (tertiary/aromatic N) is 1. The van der Waals surface area contributed by atoms with Crippen LogP contribution in [0.15, 0.2) is 5.38 Å². The minimum Gasteiger partial charge on any atom is -0.476 e. The molecular weight excluding hydrogens is 188 g/mol. The molecule has 1 aliphatic rings. The molecule has 5 heteroatoms. The summed E-state index contributed by atoms with van der Waals surface area (Å²) in [5, 5.41) is 13.9. The Morgan fingerprint density at radius 3 is 3.08 bits per heavy atom. The molecule has 70 valence electrons. The highest BCUT2D eigenvalue weighted by molar-refractivity contribution is 7.11. The van der Waals surface area contributed by atoms with Gasteiger partial charge in [0.05, 0.1) is 5.69 Å². The van der Waals surface area contributed by atoms with Gasteiger partial charge < -0.3 is 10.4 Å². The van der Waals surface area contributed by atoms with Gasteiger partial charge in [0.15, 0.2) is 0 Å². The third-order valence-electron chi connectivity index (χ3n) is 1.88. The number of nitrogens with one attached hydrogen (secondary N) is 1. The Hall–Kier alpha value is -0.940. The minimum absolute atomic E-state index is 0.174. The van der Waals surface area contributed by atoms with Gasteiger partial charge in [-0.1, -0.05) is 0 Å². The van der Waals surface area contributed by atoms with Crippen LogP contribution in [0, 0.1) is 0 Å². The van der Waals surface area contributed by atoms with Crippen molar-refractivity contribution in [1.29, 1.82) is 0 Å². The molecule has 2 rings (SSSR count). The lowest BCUT2D eigenvalue weighted by Crippen LogP contribution is -2.15. The fourth-order valence-corrected chi connectivity index (χ4v) is 1.68. The Kier molecular flexibility index (Phi) is 2.28. The molecule has 0 amide bonds. The smallest absolute Gasteiger partial charge is 0.365 e. The van der Waals surface area contributed by atoms with Gasteiger partial charge in [-0.05, 0) is 12.8 Å². The van der Waals surface area contributed by atoms with E-state index in [9.17, 15) is 4.79 Å². The Labute approximate surface area is 79.6 Å². The molecule has 0 unspecified atom stereocenters. The van der Waals surface area contributed by atoms with Crippen molar-refractivity contribution in [3.63, 3.8) is 0 Å². The van der Waals surface area contributed by atoms with E-state index < -0.39 is 5.97 Å². The van der Waals surface area contributed by atoms with Crippen LogP contribution in [0.3, 0.4) is 0 Å². The third-order valence-corrected chi connectivity index (χ3v) is 2.76. The van der Waals surface area contributed by atoms with Crippen molar-refractivity contribution in [2.24, 2.45) is 0 Å². The Morgan fingerprint density at radius 2 is 2.54 bits per heavy atom. The zero-order valence-corrected chi connectivity index (χ0v) is 7.80. The summed E-state index contributed by atoms with van der Waals surface area (Å²) >= 11 is 1.18. The van der Waals surface area contributed by atoms with Gasteiger partial charge in [0.25, 0.3) is 0 Å².